The molecule has 1 aliphatic rings. The van der Waals surface area contributed by atoms with Crippen LogP contribution >= 0.6 is 0 Å². The molecule has 1 aliphatic heterocycles. The molecule has 2 aromatic rings. The number of piperidine rings is 1. The number of hydrogen-bond donors (Lipinski definition) is 2. The predicted octanol–water partition coefficient (Wildman–Crippen LogP) is 3.05. The summed E-state index contributed by atoms with van der Waals surface area (Å²) in [6.07, 6.45) is 1.53. The van der Waals surface area contributed by atoms with Crippen molar-refractivity contribution in [1.29, 1.82) is 0 Å². The van der Waals surface area contributed by atoms with Crippen molar-refractivity contribution in [2.75, 3.05) is 6.54 Å². The first-order valence-electron chi connectivity index (χ1n) is 8.53. The third-order valence-corrected chi connectivity index (χ3v) is 4.58. The molecular weight excluding hydrogens is 318 g/mol. The highest BCUT2D eigenvalue weighted by Crippen LogP contribution is 2.26. The van der Waals surface area contributed by atoms with E-state index in [2.05, 4.69) is 31.2 Å². The molecule has 1 saturated heterocycles. The summed E-state index contributed by atoms with van der Waals surface area (Å²) in [5, 5.41) is 20.9. The highest BCUT2D eigenvalue weighted by atomic mass is 16.7. The van der Waals surface area contributed by atoms with Crippen molar-refractivity contribution < 1.29 is 19.8 Å². The summed E-state index contributed by atoms with van der Waals surface area (Å²) < 4.78 is 0. The molecule has 2 unspecified atom stereocenters. The molecule has 0 radical (unpaired) electrons. The van der Waals surface area contributed by atoms with E-state index in [9.17, 15) is 15.0 Å². The topological polar surface area (TPSA) is 70.0 Å². The Bertz CT molecular complexity index is 711. The Morgan fingerprint density at radius 1 is 1.16 bits per heavy atom. The second kappa shape index (κ2) is 7.68. The standard InChI is InChI=1S/C20H23NO4/c1-14-2-4-15(5-3-14)12-16-10-11-21(19(23)13-16)25-20(24)17-6-8-18(22)9-7-17/h2-9,16,19,22-23H,10-13H2,1H3. The van der Waals surface area contributed by atoms with Crippen LogP contribution in [0.15, 0.2) is 48.5 Å². The van der Waals surface area contributed by atoms with Crippen molar-refractivity contribution in [2.24, 2.45) is 5.92 Å². The Kier molecular flexibility index (Phi) is 5.36. The lowest BCUT2D eigenvalue weighted by Gasteiger charge is -2.34. The third-order valence-electron chi connectivity index (χ3n) is 4.58. The molecule has 3 rings (SSSR count). The fourth-order valence-corrected chi connectivity index (χ4v) is 3.10. The molecule has 0 aliphatic carbocycles. The number of rotatable bonds is 4. The van der Waals surface area contributed by atoms with Gasteiger partial charge in [-0.2, -0.15) is 0 Å². The predicted molar refractivity (Wildman–Crippen MR) is 93.8 cm³/mol. The molecule has 1 fully saturated rings. The van der Waals surface area contributed by atoms with Crippen LogP contribution in [0.3, 0.4) is 0 Å². The molecule has 0 bridgehead atoms. The number of benzene rings is 2. The number of aryl methyl sites for hydroxylation is 1. The molecule has 25 heavy (non-hydrogen) atoms. The Balaban J connectivity index is 1.53. The number of carbonyl (C=O) groups excluding carboxylic acids is 1. The minimum absolute atomic E-state index is 0.0912. The summed E-state index contributed by atoms with van der Waals surface area (Å²) in [6.45, 7) is 2.57. The van der Waals surface area contributed by atoms with Crippen molar-refractivity contribution in [3.8, 4) is 5.75 Å². The van der Waals surface area contributed by atoms with E-state index in [4.69, 9.17) is 4.84 Å². The highest BCUT2D eigenvalue weighted by molar-refractivity contribution is 5.89. The van der Waals surface area contributed by atoms with Crippen LogP contribution in [0.1, 0.15) is 34.3 Å². The average molecular weight is 341 g/mol. The molecule has 5 nitrogen and oxygen atoms in total. The minimum Gasteiger partial charge on any atom is -0.508 e. The van der Waals surface area contributed by atoms with Crippen LogP contribution in [0.4, 0.5) is 0 Å². The van der Waals surface area contributed by atoms with Crippen LogP contribution in [0.5, 0.6) is 5.75 Å². The van der Waals surface area contributed by atoms with E-state index in [1.54, 1.807) is 0 Å². The van der Waals surface area contributed by atoms with E-state index in [1.165, 1.54) is 40.5 Å². The molecule has 0 spiro atoms. The number of phenols is 1. The third kappa shape index (κ3) is 4.59. The maximum absolute atomic E-state index is 12.1. The number of hydroxylamine groups is 2. The van der Waals surface area contributed by atoms with E-state index in [0.717, 1.165) is 12.8 Å². The molecular formula is C20H23NO4. The van der Waals surface area contributed by atoms with E-state index in [1.807, 2.05) is 0 Å². The van der Waals surface area contributed by atoms with Gasteiger partial charge >= 0.3 is 5.97 Å². The zero-order valence-corrected chi connectivity index (χ0v) is 14.3. The van der Waals surface area contributed by atoms with E-state index >= 15 is 0 Å². The Labute approximate surface area is 147 Å². The highest BCUT2D eigenvalue weighted by Gasteiger charge is 2.30. The van der Waals surface area contributed by atoms with Crippen LogP contribution in [-0.2, 0) is 11.3 Å². The van der Waals surface area contributed by atoms with Crippen LogP contribution in [-0.4, -0.2) is 34.0 Å². The van der Waals surface area contributed by atoms with Crippen molar-refractivity contribution in [2.45, 2.75) is 32.4 Å². The minimum atomic E-state index is -0.801. The van der Waals surface area contributed by atoms with Gasteiger partial charge in [-0.3, -0.25) is 0 Å². The number of aliphatic hydroxyl groups excluding tert-OH is 1. The second-order valence-corrected chi connectivity index (χ2v) is 6.63. The van der Waals surface area contributed by atoms with Crippen LogP contribution in [0.25, 0.3) is 0 Å². The molecule has 1 heterocycles. The molecule has 0 amide bonds. The summed E-state index contributed by atoms with van der Waals surface area (Å²) in [7, 11) is 0. The fraction of sp³-hybridized carbons (Fsp3) is 0.350. The van der Waals surface area contributed by atoms with Gasteiger partial charge in [-0.15, -0.1) is 5.06 Å². The second-order valence-electron chi connectivity index (χ2n) is 6.63. The summed E-state index contributed by atoms with van der Waals surface area (Å²) in [4.78, 5) is 17.4. The molecule has 132 valence electrons. The van der Waals surface area contributed by atoms with Gasteiger partial charge in [-0.25, -0.2) is 4.79 Å². The summed E-state index contributed by atoms with van der Waals surface area (Å²) in [6, 6.07) is 14.3. The normalized spacial score (nSPS) is 21.0. The average Bonchev–Trinajstić information content (AvgIpc) is 2.60. The lowest BCUT2D eigenvalue weighted by molar-refractivity contribution is -0.219. The van der Waals surface area contributed by atoms with Gasteiger partial charge in [0.25, 0.3) is 0 Å². The van der Waals surface area contributed by atoms with Gasteiger partial charge in [0.2, 0.25) is 0 Å². The quantitative estimate of drug-likeness (QED) is 0.894. The first kappa shape index (κ1) is 17.5. The summed E-state index contributed by atoms with van der Waals surface area (Å²) in [5.74, 6) is -0.0779. The fourth-order valence-electron chi connectivity index (χ4n) is 3.10. The monoisotopic (exact) mass is 341 g/mol. The van der Waals surface area contributed by atoms with Gasteiger partial charge in [0.05, 0.1) is 5.56 Å². The molecule has 0 aromatic heterocycles. The lowest BCUT2D eigenvalue weighted by atomic mass is 9.90. The van der Waals surface area contributed by atoms with Gasteiger partial charge in [0, 0.05) is 6.54 Å². The van der Waals surface area contributed by atoms with E-state index in [-0.39, 0.29) is 5.75 Å². The maximum atomic E-state index is 12.1. The SMILES string of the molecule is Cc1ccc(CC2CCN(OC(=O)c3ccc(O)cc3)C(O)C2)cc1. The number of hydrogen-bond acceptors (Lipinski definition) is 5. The zero-order valence-electron chi connectivity index (χ0n) is 14.3. The number of aromatic hydroxyl groups is 1. The van der Waals surface area contributed by atoms with Crippen molar-refractivity contribution in [3.63, 3.8) is 0 Å². The largest absolute Gasteiger partial charge is 0.508 e. The van der Waals surface area contributed by atoms with Gasteiger partial charge < -0.3 is 15.1 Å². The first-order valence-corrected chi connectivity index (χ1v) is 8.53. The van der Waals surface area contributed by atoms with E-state index in [0.29, 0.717) is 24.4 Å². The van der Waals surface area contributed by atoms with Crippen LogP contribution < -0.4 is 0 Å². The summed E-state index contributed by atoms with van der Waals surface area (Å²) >= 11 is 0. The first-order chi connectivity index (χ1) is 12.0. The van der Waals surface area contributed by atoms with Crippen molar-refractivity contribution in [3.05, 3.63) is 65.2 Å². The lowest BCUT2D eigenvalue weighted by Crippen LogP contribution is -2.44. The van der Waals surface area contributed by atoms with Gasteiger partial charge in [0.1, 0.15) is 12.0 Å². The molecule has 2 atom stereocenters. The number of phenolic OH excluding ortho intramolecular Hbond substituents is 1. The molecule has 2 aromatic carbocycles. The molecule has 0 saturated carbocycles. The molecule has 5 heteroatoms. The van der Waals surface area contributed by atoms with Crippen LogP contribution in [0, 0.1) is 12.8 Å². The summed E-state index contributed by atoms with van der Waals surface area (Å²) in [5.41, 5.74) is 2.84. The Morgan fingerprint density at radius 2 is 1.84 bits per heavy atom. The molecule has 2 N–H and O–H groups in total. The number of nitrogens with zero attached hydrogens (tertiary/aromatic N) is 1. The van der Waals surface area contributed by atoms with Gasteiger partial charge in [-0.05, 0) is 61.9 Å². The maximum Gasteiger partial charge on any atom is 0.357 e. The zero-order chi connectivity index (χ0) is 17.8. The van der Waals surface area contributed by atoms with Gasteiger partial charge in [0.15, 0.2) is 0 Å². The van der Waals surface area contributed by atoms with Crippen molar-refractivity contribution >= 4 is 5.97 Å². The number of aliphatic hydroxyl groups is 1. The Morgan fingerprint density at radius 3 is 2.48 bits per heavy atom. The van der Waals surface area contributed by atoms with Crippen LogP contribution in [0.2, 0.25) is 0 Å². The Hall–Kier alpha value is -2.37. The van der Waals surface area contributed by atoms with E-state index < -0.39 is 12.2 Å². The number of carbonyl (C=O) groups is 1. The van der Waals surface area contributed by atoms with Crippen molar-refractivity contribution in [1.82, 2.24) is 5.06 Å². The smallest absolute Gasteiger partial charge is 0.357 e. The van der Waals surface area contributed by atoms with Gasteiger partial charge in [-0.1, -0.05) is 29.8 Å².